The van der Waals surface area contributed by atoms with Crippen molar-refractivity contribution in [3.8, 4) is 17.2 Å². The Kier molecular flexibility index (Phi) is 8.17. The highest BCUT2D eigenvalue weighted by molar-refractivity contribution is 6.46. The van der Waals surface area contributed by atoms with Crippen LogP contribution in [0.15, 0.2) is 48.0 Å². The Labute approximate surface area is 200 Å². The Morgan fingerprint density at radius 3 is 2.26 bits per heavy atom. The highest BCUT2D eigenvalue weighted by atomic mass is 16.5. The summed E-state index contributed by atoms with van der Waals surface area (Å²) in [5.41, 5.74) is 0.947. The number of amides is 1. The van der Waals surface area contributed by atoms with Crippen LogP contribution in [0.1, 0.15) is 31.0 Å². The average Bonchev–Trinajstić information content (AvgIpc) is 3.13. The van der Waals surface area contributed by atoms with Crippen LogP contribution in [-0.4, -0.2) is 74.1 Å². The molecule has 0 spiro atoms. The SMILES string of the molecule is CCN(CC)CCN1C(=O)C(=O)/C(=C(/O)c2cc(OC)ccc2OC)C1c1cccc(OC)c1. The summed E-state index contributed by atoms with van der Waals surface area (Å²) in [7, 11) is 4.53. The molecule has 2 aromatic carbocycles. The summed E-state index contributed by atoms with van der Waals surface area (Å²) in [6.07, 6.45) is 0. The van der Waals surface area contributed by atoms with Crippen LogP contribution in [0, 0.1) is 0 Å². The minimum Gasteiger partial charge on any atom is -0.507 e. The Hall–Kier alpha value is -3.52. The summed E-state index contributed by atoms with van der Waals surface area (Å²) in [6, 6.07) is 11.3. The lowest BCUT2D eigenvalue weighted by molar-refractivity contribution is -0.140. The Bertz CT molecular complexity index is 1080. The maximum Gasteiger partial charge on any atom is 0.295 e. The van der Waals surface area contributed by atoms with Crippen molar-refractivity contribution in [1.29, 1.82) is 0 Å². The number of methoxy groups -OCH3 is 3. The van der Waals surface area contributed by atoms with Crippen molar-refractivity contribution in [2.24, 2.45) is 0 Å². The number of Topliss-reactive ketones (excluding diaryl/α,β-unsaturated/α-hetero) is 1. The van der Waals surface area contributed by atoms with Gasteiger partial charge in [-0.1, -0.05) is 26.0 Å². The highest BCUT2D eigenvalue weighted by Crippen LogP contribution is 2.42. The van der Waals surface area contributed by atoms with Crippen LogP contribution in [0.5, 0.6) is 17.2 Å². The third-order valence-corrected chi connectivity index (χ3v) is 6.16. The molecule has 34 heavy (non-hydrogen) atoms. The molecule has 8 heteroatoms. The summed E-state index contributed by atoms with van der Waals surface area (Å²) < 4.78 is 16.1. The number of carbonyl (C=O) groups is 2. The van der Waals surface area contributed by atoms with Gasteiger partial charge in [-0.05, 0) is 49.0 Å². The number of likely N-dealkylation sites (tertiary alicyclic amines) is 1. The van der Waals surface area contributed by atoms with Gasteiger partial charge in [0.25, 0.3) is 11.7 Å². The fourth-order valence-corrected chi connectivity index (χ4v) is 4.20. The van der Waals surface area contributed by atoms with E-state index in [-0.39, 0.29) is 16.9 Å². The van der Waals surface area contributed by atoms with E-state index in [2.05, 4.69) is 4.90 Å². The van der Waals surface area contributed by atoms with Gasteiger partial charge in [-0.2, -0.15) is 0 Å². The van der Waals surface area contributed by atoms with E-state index in [1.54, 1.807) is 43.5 Å². The van der Waals surface area contributed by atoms with E-state index >= 15 is 0 Å². The second-order valence-corrected chi connectivity index (χ2v) is 7.86. The van der Waals surface area contributed by atoms with Crippen molar-refractivity contribution in [3.05, 3.63) is 59.2 Å². The smallest absolute Gasteiger partial charge is 0.295 e. The number of rotatable bonds is 10. The highest BCUT2D eigenvalue weighted by Gasteiger charge is 2.46. The van der Waals surface area contributed by atoms with Gasteiger partial charge in [0, 0.05) is 13.1 Å². The second kappa shape index (κ2) is 11.1. The first kappa shape index (κ1) is 25.1. The zero-order chi connectivity index (χ0) is 24.8. The fourth-order valence-electron chi connectivity index (χ4n) is 4.20. The van der Waals surface area contributed by atoms with E-state index in [1.165, 1.54) is 19.1 Å². The number of nitrogens with zero attached hydrogens (tertiary/aromatic N) is 2. The molecule has 2 aromatic rings. The van der Waals surface area contributed by atoms with Crippen molar-refractivity contribution in [3.63, 3.8) is 0 Å². The fraction of sp³-hybridized carbons (Fsp3) is 0.385. The van der Waals surface area contributed by atoms with Gasteiger partial charge in [-0.25, -0.2) is 0 Å². The lowest BCUT2D eigenvalue weighted by Gasteiger charge is -2.28. The third-order valence-electron chi connectivity index (χ3n) is 6.16. The lowest BCUT2D eigenvalue weighted by Crippen LogP contribution is -2.38. The Balaban J connectivity index is 2.19. The zero-order valence-electron chi connectivity index (χ0n) is 20.3. The van der Waals surface area contributed by atoms with Gasteiger partial charge >= 0.3 is 0 Å². The molecule has 1 heterocycles. The van der Waals surface area contributed by atoms with Crippen LogP contribution in [0.2, 0.25) is 0 Å². The van der Waals surface area contributed by atoms with Gasteiger partial charge < -0.3 is 29.1 Å². The number of ketones is 1. The minimum absolute atomic E-state index is 0.00403. The summed E-state index contributed by atoms with van der Waals surface area (Å²) in [6.45, 7) is 6.68. The molecule has 8 nitrogen and oxygen atoms in total. The maximum atomic E-state index is 13.3. The molecule has 3 rings (SSSR count). The van der Waals surface area contributed by atoms with Gasteiger partial charge in [0.1, 0.15) is 23.0 Å². The lowest BCUT2D eigenvalue weighted by atomic mass is 9.94. The number of benzene rings is 2. The molecule has 182 valence electrons. The van der Waals surface area contributed by atoms with Gasteiger partial charge in [-0.15, -0.1) is 0 Å². The largest absolute Gasteiger partial charge is 0.507 e. The molecule has 1 aliphatic heterocycles. The molecule has 1 saturated heterocycles. The van der Waals surface area contributed by atoms with Gasteiger partial charge in [0.05, 0.1) is 38.5 Å². The minimum atomic E-state index is -0.776. The van der Waals surface area contributed by atoms with E-state index < -0.39 is 17.7 Å². The molecular weight excluding hydrogens is 436 g/mol. The van der Waals surface area contributed by atoms with Gasteiger partial charge in [0.2, 0.25) is 0 Å². The number of hydrogen-bond donors (Lipinski definition) is 1. The molecule has 1 atom stereocenters. The molecule has 0 bridgehead atoms. The monoisotopic (exact) mass is 468 g/mol. The van der Waals surface area contributed by atoms with E-state index in [0.717, 1.165) is 13.1 Å². The first-order valence-corrected chi connectivity index (χ1v) is 11.3. The van der Waals surface area contributed by atoms with E-state index in [4.69, 9.17) is 14.2 Å². The topological polar surface area (TPSA) is 88.5 Å². The number of ether oxygens (including phenoxy) is 3. The molecule has 0 saturated carbocycles. The summed E-state index contributed by atoms with van der Waals surface area (Å²) in [4.78, 5) is 30.2. The van der Waals surface area contributed by atoms with E-state index in [1.807, 2.05) is 19.9 Å². The van der Waals surface area contributed by atoms with Crippen molar-refractivity contribution in [2.45, 2.75) is 19.9 Å². The molecular formula is C26H32N2O6. The third kappa shape index (κ3) is 4.87. The second-order valence-electron chi connectivity index (χ2n) is 7.86. The molecule has 0 radical (unpaired) electrons. The van der Waals surface area contributed by atoms with Crippen LogP contribution < -0.4 is 14.2 Å². The van der Waals surface area contributed by atoms with Crippen LogP contribution in [0.4, 0.5) is 0 Å². The van der Waals surface area contributed by atoms with Crippen molar-refractivity contribution < 1.29 is 28.9 Å². The molecule has 1 aliphatic rings. The maximum absolute atomic E-state index is 13.3. The molecule has 1 N–H and O–H groups in total. The first-order chi connectivity index (χ1) is 16.4. The Morgan fingerprint density at radius 1 is 0.971 bits per heavy atom. The number of aliphatic hydroxyl groups excluding tert-OH is 1. The standard InChI is InChI=1S/C26H32N2O6/c1-6-27(7-2)13-14-28-23(17-9-8-10-18(15-17)32-3)22(25(30)26(28)31)24(29)20-16-19(33-4)11-12-21(20)34-5/h8-12,15-16,23,29H,6-7,13-14H2,1-5H3/b24-22+. The number of hydrogen-bond acceptors (Lipinski definition) is 7. The number of likely N-dealkylation sites (N-methyl/N-ethyl adjacent to an activating group) is 1. The molecule has 1 fully saturated rings. The predicted molar refractivity (Wildman–Crippen MR) is 129 cm³/mol. The predicted octanol–water partition coefficient (Wildman–Crippen LogP) is 3.48. The van der Waals surface area contributed by atoms with Crippen molar-refractivity contribution in [2.75, 3.05) is 47.5 Å². The van der Waals surface area contributed by atoms with Crippen molar-refractivity contribution >= 4 is 17.4 Å². The van der Waals surface area contributed by atoms with Gasteiger partial charge in [0.15, 0.2) is 0 Å². The van der Waals surface area contributed by atoms with E-state index in [0.29, 0.717) is 35.9 Å². The summed E-state index contributed by atoms with van der Waals surface area (Å²) in [5.74, 6) is -0.274. The van der Waals surface area contributed by atoms with Crippen LogP contribution in [-0.2, 0) is 9.59 Å². The first-order valence-electron chi connectivity index (χ1n) is 11.3. The Morgan fingerprint density at radius 2 is 1.65 bits per heavy atom. The van der Waals surface area contributed by atoms with Crippen LogP contribution in [0.25, 0.3) is 5.76 Å². The quantitative estimate of drug-likeness (QED) is 0.324. The normalized spacial score (nSPS) is 17.4. The summed E-state index contributed by atoms with van der Waals surface area (Å²) >= 11 is 0. The molecule has 0 aromatic heterocycles. The van der Waals surface area contributed by atoms with Crippen molar-refractivity contribution in [1.82, 2.24) is 9.80 Å². The van der Waals surface area contributed by atoms with E-state index in [9.17, 15) is 14.7 Å². The van der Waals surface area contributed by atoms with Gasteiger partial charge in [-0.3, -0.25) is 9.59 Å². The number of aliphatic hydroxyl groups is 1. The molecule has 1 unspecified atom stereocenters. The molecule has 1 amide bonds. The number of carbonyl (C=O) groups excluding carboxylic acids is 2. The molecule has 0 aliphatic carbocycles. The average molecular weight is 469 g/mol. The zero-order valence-corrected chi connectivity index (χ0v) is 20.3. The van der Waals surface area contributed by atoms with Crippen LogP contribution >= 0.6 is 0 Å². The summed E-state index contributed by atoms with van der Waals surface area (Å²) in [5, 5.41) is 11.4. The van der Waals surface area contributed by atoms with Crippen LogP contribution in [0.3, 0.4) is 0 Å².